The second-order valence-corrected chi connectivity index (χ2v) is 5.58. The Kier molecular flexibility index (Phi) is 9.32. The molecule has 24 heavy (non-hydrogen) atoms. The summed E-state index contributed by atoms with van der Waals surface area (Å²) < 4.78 is 0. The predicted octanol–water partition coefficient (Wildman–Crippen LogP) is 4.76. The van der Waals surface area contributed by atoms with E-state index in [1.165, 1.54) is 0 Å². The van der Waals surface area contributed by atoms with E-state index >= 15 is 0 Å². The quantitative estimate of drug-likeness (QED) is 0.746. The largest absolute Gasteiger partial charge is 0.380 e. The minimum Gasteiger partial charge on any atom is -0.380 e. The van der Waals surface area contributed by atoms with E-state index in [1.807, 2.05) is 26.0 Å². The van der Waals surface area contributed by atoms with Crippen LogP contribution in [-0.2, 0) is 4.79 Å². The summed E-state index contributed by atoms with van der Waals surface area (Å²) in [5, 5.41) is 9.89. The monoisotopic (exact) mass is 326 g/mol. The molecule has 0 radical (unpaired) electrons. The molecule has 0 amide bonds. The standard InChI is InChI=1S/C14H12O2.C7H14O/c15-13(11-7-3-1-4-8-11)14(16)12-9-5-2-6-10-12;1-3-5-7(8)6-4-2/h1-10,13,15H;3-6H2,1-2H3. The van der Waals surface area contributed by atoms with E-state index in [9.17, 15) is 14.7 Å². The third-order valence-corrected chi connectivity index (χ3v) is 3.48. The minimum absolute atomic E-state index is 0.271. The first-order valence-electron chi connectivity index (χ1n) is 8.44. The van der Waals surface area contributed by atoms with Gasteiger partial charge in [-0.15, -0.1) is 0 Å². The van der Waals surface area contributed by atoms with Crippen molar-refractivity contribution in [3.05, 3.63) is 71.8 Å². The molecule has 1 unspecified atom stereocenters. The van der Waals surface area contributed by atoms with Gasteiger partial charge >= 0.3 is 0 Å². The zero-order valence-electron chi connectivity index (χ0n) is 14.4. The third kappa shape index (κ3) is 6.88. The maximum absolute atomic E-state index is 11.9. The number of hydrogen-bond acceptors (Lipinski definition) is 3. The Morgan fingerprint density at radius 3 is 1.75 bits per heavy atom. The number of ketones is 2. The van der Waals surface area contributed by atoms with E-state index in [4.69, 9.17) is 0 Å². The van der Waals surface area contributed by atoms with Gasteiger partial charge in [-0.05, 0) is 18.4 Å². The normalized spacial score (nSPS) is 11.1. The van der Waals surface area contributed by atoms with Crippen LogP contribution in [0.1, 0.15) is 61.6 Å². The van der Waals surface area contributed by atoms with Gasteiger partial charge in [-0.3, -0.25) is 9.59 Å². The van der Waals surface area contributed by atoms with Crippen LogP contribution >= 0.6 is 0 Å². The van der Waals surface area contributed by atoms with E-state index < -0.39 is 6.10 Å². The summed E-state index contributed by atoms with van der Waals surface area (Å²) in [4.78, 5) is 22.5. The average Bonchev–Trinajstić information content (AvgIpc) is 2.63. The van der Waals surface area contributed by atoms with E-state index in [1.54, 1.807) is 48.5 Å². The molecule has 0 saturated heterocycles. The highest BCUT2D eigenvalue weighted by molar-refractivity contribution is 5.99. The molecule has 0 spiro atoms. The van der Waals surface area contributed by atoms with Gasteiger partial charge in [-0.2, -0.15) is 0 Å². The molecule has 3 heteroatoms. The number of carbonyl (C=O) groups is 2. The number of aliphatic hydroxyl groups is 1. The van der Waals surface area contributed by atoms with Crippen molar-refractivity contribution in [3.8, 4) is 0 Å². The molecule has 0 aliphatic rings. The molecule has 2 aromatic rings. The second-order valence-electron chi connectivity index (χ2n) is 5.58. The van der Waals surface area contributed by atoms with Crippen LogP contribution in [0.2, 0.25) is 0 Å². The lowest BCUT2D eigenvalue weighted by Gasteiger charge is -2.09. The average molecular weight is 326 g/mol. The first-order valence-corrected chi connectivity index (χ1v) is 8.44. The van der Waals surface area contributed by atoms with E-state index in [2.05, 4.69) is 0 Å². The van der Waals surface area contributed by atoms with Crippen molar-refractivity contribution in [2.75, 3.05) is 0 Å². The van der Waals surface area contributed by atoms with Crippen molar-refractivity contribution in [2.24, 2.45) is 0 Å². The van der Waals surface area contributed by atoms with Gasteiger partial charge in [-0.25, -0.2) is 0 Å². The minimum atomic E-state index is -1.08. The van der Waals surface area contributed by atoms with Crippen LogP contribution in [-0.4, -0.2) is 16.7 Å². The summed E-state index contributed by atoms with van der Waals surface area (Å²) in [7, 11) is 0. The molecule has 3 nitrogen and oxygen atoms in total. The fourth-order valence-electron chi connectivity index (χ4n) is 2.23. The van der Waals surface area contributed by atoms with Gasteiger partial charge < -0.3 is 5.11 Å². The molecule has 2 rings (SSSR count). The number of hydrogen-bond donors (Lipinski definition) is 1. The number of Topliss-reactive ketones (excluding diaryl/α,β-unsaturated/α-hetero) is 2. The molecular weight excluding hydrogens is 300 g/mol. The molecule has 1 N–H and O–H groups in total. The lowest BCUT2D eigenvalue weighted by molar-refractivity contribution is -0.119. The Labute approximate surface area is 144 Å². The van der Waals surface area contributed by atoms with Gasteiger partial charge in [0.05, 0.1) is 0 Å². The van der Waals surface area contributed by atoms with Gasteiger partial charge in [0.15, 0.2) is 5.78 Å². The summed E-state index contributed by atoms with van der Waals surface area (Å²) in [6, 6.07) is 17.7. The second kappa shape index (κ2) is 11.3. The van der Waals surface area contributed by atoms with Gasteiger partial charge in [0.2, 0.25) is 0 Å². The van der Waals surface area contributed by atoms with Crippen LogP contribution in [0.5, 0.6) is 0 Å². The summed E-state index contributed by atoms with van der Waals surface area (Å²) in [5.74, 6) is 0.141. The smallest absolute Gasteiger partial charge is 0.195 e. The number of benzene rings is 2. The Balaban J connectivity index is 0.000000307. The SMILES string of the molecule is CCCC(=O)CCC.O=C(c1ccccc1)C(O)c1ccccc1. The van der Waals surface area contributed by atoms with Crippen LogP contribution in [0.3, 0.4) is 0 Å². The first kappa shape index (κ1) is 19.8. The van der Waals surface area contributed by atoms with Crippen LogP contribution in [0.25, 0.3) is 0 Å². The van der Waals surface area contributed by atoms with Crippen molar-refractivity contribution >= 4 is 11.6 Å². The molecular formula is C21H26O3. The maximum Gasteiger partial charge on any atom is 0.195 e. The molecule has 0 heterocycles. The molecule has 0 bridgehead atoms. The number of carbonyl (C=O) groups excluding carboxylic acids is 2. The van der Waals surface area contributed by atoms with Crippen LogP contribution < -0.4 is 0 Å². The van der Waals surface area contributed by atoms with Gasteiger partial charge in [0.1, 0.15) is 11.9 Å². The third-order valence-electron chi connectivity index (χ3n) is 3.48. The Bertz CT molecular complexity index is 597. The Morgan fingerprint density at radius 2 is 1.29 bits per heavy atom. The summed E-state index contributed by atoms with van der Waals surface area (Å²) >= 11 is 0. The van der Waals surface area contributed by atoms with Crippen molar-refractivity contribution in [1.29, 1.82) is 0 Å². The van der Waals surface area contributed by atoms with Crippen molar-refractivity contribution in [1.82, 2.24) is 0 Å². The topological polar surface area (TPSA) is 54.4 Å². The van der Waals surface area contributed by atoms with Crippen LogP contribution in [0.4, 0.5) is 0 Å². The summed E-state index contributed by atoms with van der Waals surface area (Å²) in [6.45, 7) is 4.07. The van der Waals surface area contributed by atoms with E-state index in [-0.39, 0.29) is 5.78 Å². The summed E-state index contributed by atoms with van der Waals surface area (Å²) in [5.41, 5.74) is 1.15. The molecule has 2 aromatic carbocycles. The van der Waals surface area contributed by atoms with Crippen LogP contribution in [0.15, 0.2) is 60.7 Å². The molecule has 128 valence electrons. The predicted molar refractivity (Wildman–Crippen MR) is 97.0 cm³/mol. The molecule has 0 fully saturated rings. The summed E-state index contributed by atoms with van der Waals surface area (Å²) in [6.07, 6.45) is 2.46. The first-order chi connectivity index (χ1) is 11.6. The molecule has 0 aliphatic heterocycles. The Morgan fingerprint density at radius 1 is 0.833 bits per heavy atom. The van der Waals surface area contributed by atoms with Crippen molar-refractivity contribution < 1.29 is 14.7 Å². The molecule has 1 atom stereocenters. The number of aliphatic hydroxyl groups excluding tert-OH is 1. The van der Waals surface area contributed by atoms with Gasteiger partial charge in [0, 0.05) is 18.4 Å². The highest BCUT2D eigenvalue weighted by Crippen LogP contribution is 2.17. The van der Waals surface area contributed by atoms with Crippen molar-refractivity contribution in [3.63, 3.8) is 0 Å². The Hall–Kier alpha value is -2.26. The fourth-order valence-corrected chi connectivity index (χ4v) is 2.23. The highest BCUT2D eigenvalue weighted by Gasteiger charge is 2.18. The van der Waals surface area contributed by atoms with Gasteiger partial charge in [0.25, 0.3) is 0 Å². The zero-order valence-corrected chi connectivity index (χ0v) is 14.4. The molecule has 0 saturated carbocycles. The fraction of sp³-hybridized carbons (Fsp3) is 0.333. The maximum atomic E-state index is 11.9. The molecule has 0 aliphatic carbocycles. The zero-order chi connectivity index (χ0) is 17.8. The highest BCUT2D eigenvalue weighted by atomic mass is 16.3. The van der Waals surface area contributed by atoms with Crippen molar-refractivity contribution in [2.45, 2.75) is 45.6 Å². The lowest BCUT2D eigenvalue weighted by Crippen LogP contribution is -2.11. The molecule has 0 aromatic heterocycles. The van der Waals surface area contributed by atoms with Crippen LogP contribution in [0, 0.1) is 0 Å². The van der Waals surface area contributed by atoms with Gasteiger partial charge in [-0.1, -0.05) is 74.5 Å². The number of rotatable bonds is 7. The lowest BCUT2D eigenvalue weighted by atomic mass is 10.0. The van der Waals surface area contributed by atoms with E-state index in [0.29, 0.717) is 16.9 Å². The van der Waals surface area contributed by atoms with E-state index in [0.717, 1.165) is 25.7 Å².